The van der Waals surface area contributed by atoms with Crippen molar-refractivity contribution in [2.45, 2.75) is 45.4 Å². The Morgan fingerprint density at radius 2 is 1.97 bits per heavy atom. The Hall–Kier alpha value is -3.29. The van der Waals surface area contributed by atoms with Crippen molar-refractivity contribution >= 4 is 23.6 Å². The van der Waals surface area contributed by atoms with Crippen LogP contribution in [0.2, 0.25) is 0 Å². The summed E-state index contributed by atoms with van der Waals surface area (Å²) >= 11 is 0. The zero-order chi connectivity index (χ0) is 20.9. The number of aromatic nitrogens is 1. The summed E-state index contributed by atoms with van der Waals surface area (Å²) in [5.74, 6) is 0. The number of nitrogens with one attached hydrogen (secondary N) is 3. The molecule has 0 spiro atoms. The van der Waals surface area contributed by atoms with Gasteiger partial charge in [-0.2, -0.15) is 0 Å². The Kier molecular flexibility index (Phi) is 6.21. The topological polar surface area (TPSA) is 102 Å². The van der Waals surface area contributed by atoms with Crippen LogP contribution < -0.4 is 16.0 Å². The van der Waals surface area contributed by atoms with E-state index in [1.807, 2.05) is 30.3 Å². The largest absolute Gasteiger partial charge is 0.445 e. The Morgan fingerprint density at radius 3 is 2.69 bits per heavy atom. The number of anilines is 2. The molecule has 0 saturated heterocycles. The number of carbonyl (C=O) groups is 2. The van der Waals surface area contributed by atoms with Crippen LogP contribution in [0, 0.1) is 0 Å². The number of pyridine rings is 1. The quantitative estimate of drug-likeness (QED) is 0.726. The fraction of sp³-hybridized carbons (Fsp3) is 0.381. The lowest BCUT2D eigenvalue weighted by Gasteiger charge is -2.26. The van der Waals surface area contributed by atoms with Gasteiger partial charge in [-0.1, -0.05) is 30.3 Å². The van der Waals surface area contributed by atoms with E-state index in [1.54, 1.807) is 33.0 Å². The molecule has 1 aliphatic heterocycles. The number of fused-ring (bicyclic) bond motifs is 1. The van der Waals surface area contributed by atoms with Gasteiger partial charge in [0, 0.05) is 13.0 Å². The van der Waals surface area contributed by atoms with Gasteiger partial charge in [-0.05, 0) is 32.4 Å². The number of hydrogen-bond acceptors (Lipinski definition) is 6. The SMILES string of the molecule is CC(C)(C)OC(=O)Nc1cnc2c(c1)NCC(NC(=O)OCc1ccccc1)C2. The molecule has 29 heavy (non-hydrogen) atoms. The Labute approximate surface area is 170 Å². The summed E-state index contributed by atoms with van der Waals surface area (Å²) in [4.78, 5) is 28.3. The second-order valence-corrected chi connectivity index (χ2v) is 7.83. The van der Waals surface area contributed by atoms with E-state index in [0.29, 0.717) is 18.7 Å². The van der Waals surface area contributed by atoms with Crippen LogP contribution in [0.4, 0.5) is 21.0 Å². The van der Waals surface area contributed by atoms with E-state index in [9.17, 15) is 9.59 Å². The predicted molar refractivity (Wildman–Crippen MR) is 110 cm³/mol. The summed E-state index contributed by atoms with van der Waals surface area (Å²) in [6.45, 7) is 6.16. The maximum absolute atomic E-state index is 12.0. The molecule has 154 valence electrons. The van der Waals surface area contributed by atoms with E-state index in [4.69, 9.17) is 9.47 Å². The van der Waals surface area contributed by atoms with Gasteiger partial charge in [0.05, 0.1) is 29.3 Å². The highest BCUT2D eigenvalue weighted by atomic mass is 16.6. The average Bonchev–Trinajstić information content (AvgIpc) is 2.66. The van der Waals surface area contributed by atoms with Crippen LogP contribution in [0.15, 0.2) is 42.6 Å². The number of ether oxygens (including phenoxy) is 2. The van der Waals surface area contributed by atoms with Gasteiger partial charge in [0.15, 0.2) is 0 Å². The summed E-state index contributed by atoms with van der Waals surface area (Å²) in [5, 5.41) is 8.75. The molecular weight excluding hydrogens is 372 g/mol. The van der Waals surface area contributed by atoms with Crippen molar-refractivity contribution in [2.75, 3.05) is 17.2 Å². The first kappa shape index (κ1) is 20.4. The first-order chi connectivity index (χ1) is 13.8. The van der Waals surface area contributed by atoms with E-state index >= 15 is 0 Å². The van der Waals surface area contributed by atoms with Crippen molar-refractivity contribution in [2.24, 2.45) is 0 Å². The number of alkyl carbamates (subject to hydrolysis) is 1. The minimum atomic E-state index is -0.571. The van der Waals surface area contributed by atoms with Crippen LogP contribution in [-0.2, 0) is 22.5 Å². The Balaban J connectivity index is 1.50. The number of hydrogen-bond donors (Lipinski definition) is 3. The molecule has 0 fully saturated rings. The molecule has 3 rings (SSSR count). The number of amides is 2. The molecule has 0 saturated carbocycles. The average molecular weight is 398 g/mol. The second-order valence-electron chi connectivity index (χ2n) is 7.83. The minimum absolute atomic E-state index is 0.136. The molecule has 2 amide bonds. The van der Waals surface area contributed by atoms with Gasteiger partial charge in [0.25, 0.3) is 0 Å². The lowest BCUT2D eigenvalue weighted by atomic mass is 10.0. The fourth-order valence-corrected chi connectivity index (χ4v) is 2.87. The molecule has 2 heterocycles. The van der Waals surface area contributed by atoms with E-state index in [1.165, 1.54) is 0 Å². The zero-order valence-electron chi connectivity index (χ0n) is 16.8. The molecule has 3 N–H and O–H groups in total. The summed E-state index contributed by atoms with van der Waals surface area (Å²) in [7, 11) is 0. The van der Waals surface area contributed by atoms with Crippen molar-refractivity contribution < 1.29 is 19.1 Å². The number of nitrogens with zero attached hydrogens (tertiary/aromatic N) is 1. The van der Waals surface area contributed by atoms with Gasteiger partial charge in [-0.15, -0.1) is 0 Å². The highest BCUT2D eigenvalue weighted by Crippen LogP contribution is 2.24. The Morgan fingerprint density at radius 1 is 1.21 bits per heavy atom. The molecule has 1 unspecified atom stereocenters. The normalized spacial score (nSPS) is 15.5. The fourth-order valence-electron chi connectivity index (χ4n) is 2.87. The maximum atomic E-state index is 12.0. The smallest absolute Gasteiger partial charge is 0.412 e. The third-order valence-electron chi connectivity index (χ3n) is 4.13. The van der Waals surface area contributed by atoms with Crippen molar-refractivity contribution in [3.05, 3.63) is 53.9 Å². The molecule has 0 radical (unpaired) electrons. The van der Waals surface area contributed by atoms with Crippen molar-refractivity contribution in [3.8, 4) is 0 Å². The summed E-state index contributed by atoms with van der Waals surface area (Å²) in [5.41, 5.74) is 2.52. The van der Waals surface area contributed by atoms with Gasteiger partial charge in [0.2, 0.25) is 0 Å². The van der Waals surface area contributed by atoms with E-state index in [-0.39, 0.29) is 12.6 Å². The molecule has 1 aliphatic rings. The van der Waals surface area contributed by atoms with Crippen LogP contribution in [0.3, 0.4) is 0 Å². The van der Waals surface area contributed by atoms with E-state index in [2.05, 4.69) is 20.9 Å². The Bertz CT molecular complexity index is 865. The van der Waals surface area contributed by atoms with E-state index < -0.39 is 17.8 Å². The molecule has 0 bridgehead atoms. The maximum Gasteiger partial charge on any atom is 0.412 e. The van der Waals surface area contributed by atoms with Crippen molar-refractivity contribution in [1.82, 2.24) is 10.3 Å². The monoisotopic (exact) mass is 398 g/mol. The highest BCUT2D eigenvalue weighted by Gasteiger charge is 2.22. The molecular formula is C21H26N4O4. The molecule has 1 atom stereocenters. The first-order valence-electron chi connectivity index (χ1n) is 9.48. The zero-order valence-corrected chi connectivity index (χ0v) is 16.8. The van der Waals surface area contributed by atoms with Gasteiger partial charge in [-0.3, -0.25) is 10.3 Å². The predicted octanol–water partition coefficient (Wildman–Crippen LogP) is 3.69. The molecule has 1 aromatic heterocycles. The van der Waals surface area contributed by atoms with Gasteiger partial charge < -0.3 is 20.1 Å². The van der Waals surface area contributed by atoms with Crippen LogP contribution in [0.1, 0.15) is 32.0 Å². The third-order valence-corrected chi connectivity index (χ3v) is 4.13. The third kappa shape index (κ3) is 6.38. The van der Waals surface area contributed by atoms with Gasteiger partial charge in [-0.25, -0.2) is 9.59 Å². The molecule has 1 aromatic carbocycles. The van der Waals surface area contributed by atoms with Gasteiger partial charge in [0.1, 0.15) is 12.2 Å². The standard InChI is InChI=1S/C21H26N4O4/c1-21(2,3)29-20(27)25-16-10-18-17(23-12-16)9-15(11-22-18)24-19(26)28-13-14-7-5-4-6-8-14/h4-8,10,12,15,22H,9,11,13H2,1-3H3,(H,24,26)(H,25,27). The number of carbonyl (C=O) groups excluding carboxylic acids is 2. The van der Waals surface area contributed by atoms with Crippen LogP contribution >= 0.6 is 0 Å². The first-order valence-corrected chi connectivity index (χ1v) is 9.48. The van der Waals surface area contributed by atoms with Crippen molar-refractivity contribution in [1.29, 1.82) is 0 Å². The molecule has 8 nitrogen and oxygen atoms in total. The van der Waals surface area contributed by atoms with Crippen LogP contribution in [0.25, 0.3) is 0 Å². The molecule has 2 aromatic rings. The number of rotatable bonds is 4. The van der Waals surface area contributed by atoms with Crippen LogP contribution in [0.5, 0.6) is 0 Å². The highest BCUT2D eigenvalue weighted by molar-refractivity contribution is 5.85. The number of benzene rings is 1. The lowest BCUT2D eigenvalue weighted by Crippen LogP contribution is -2.44. The summed E-state index contributed by atoms with van der Waals surface area (Å²) < 4.78 is 10.5. The van der Waals surface area contributed by atoms with E-state index in [0.717, 1.165) is 16.9 Å². The summed E-state index contributed by atoms with van der Waals surface area (Å²) in [6.07, 6.45) is 1.14. The lowest BCUT2D eigenvalue weighted by molar-refractivity contribution is 0.0635. The van der Waals surface area contributed by atoms with Gasteiger partial charge >= 0.3 is 12.2 Å². The molecule has 8 heteroatoms. The second kappa shape index (κ2) is 8.81. The summed E-state index contributed by atoms with van der Waals surface area (Å²) in [6, 6.07) is 11.2. The minimum Gasteiger partial charge on any atom is -0.445 e. The van der Waals surface area contributed by atoms with Crippen LogP contribution in [-0.4, -0.2) is 35.4 Å². The van der Waals surface area contributed by atoms with Crippen molar-refractivity contribution in [3.63, 3.8) is 0 Å². The molecule has 0 aliphatic carbocycles.